The molecule has 2 aromatic rings. The van der Waals surface area contributed by atoms with Gasteiger partial charge < -0.3 is 4.90 Å². The summed E-state index contributed by atoms with van der Waals surface area (Å²) in [5.74, 6) is -2.08. The summed E-state index contributed by atoms with van der Waals surface area (Å²) in [6.07, 6.45) is 0.320. The first-order valence-corrected chi connectivity index (χ1v) is 11.2. The highest BCUT2D eigenvalue weighted by Crippen LogP contribution is 2.29. The molecule has 3 amide bonds. The summed E-state index contributed by atoms with van der Waals surface area (Å²) < 4.78 is 36.1. The Labute approximate surface area is 179 Å². The smallest absolute Gasteiger partial charge is 0.257 e. The molecule has 3 rings (SSSR count). The lowest BCUT2D eigenvalue weighted by Gasteiger charge is -2.33. The lowest BCUT2D eigenvalue weighted by molar-refractivity contribution is -0.122. The third kappa shape index (κ3) is 4.49. The number of anilines is 1. The second kappa shape index (κ2) is 8.56. The fourth-order valence-corrected chi connectivity index (χ4v) is 3.99. The van der Waals surface area contributed by atoms with Crippen molar-refractivity contribution < 1.29 is 27.2 Å². The number of primary sulfonamides is 1. The zero-order chi connectivity index (χ0) is 22.9. The van der Waals surface area contributed by atoms with Crippen LogP contribution in [0.15, 0.2) is 53.4 Å². The molecule has 0 aliphatic carbocycles. The van der Waals surface area contributed by atoms with Gasteiger partial charge >= 0.3 is 0 Å². The number of amides is 3. The van der Waals surface area contributed by atoms with E-state index in [9.17, 15) is 27.2 Å². The minimum absolute atomic E-state index is 0.153. The Bertz CT molecular complexity index is 1120. The first-order valence-electron chi connectivity index (χ1n) is 9.62. The molecule has 0 radical (unpaired) electrons. The molecule has 8 nitrogen and oxygen atoms in total. The Kier molecular flexibility index (Phi) is 6.23. The maximum absolute atomic E-state index is 13.3. The van der Waals surface area contributed by atoms with Crippen LogP contribution in [0.2, 0.25) is 0 Å². The average Bonchev–Trinajstić information content (AvgIpc) is 3.01. The van der Waals surface area contributed by atoms with E-state index in [-0.39, 0.29) is 28.6 Å². The maximum atomic E-state index is 13.3. The van der Waals surface area contributed by atoms with E-state index in [0.717, 1.165) is 17.0 Å². The van der Waals surface area contributed by atoms with Gasteiger partial charge in [-0.1, -0.05) is 6.92 Å². The molecule has 0 bridgehead atoms. The van der Waals surface area contributed by atoms with E-state index in [1.807, 2.05) is 6.92 Å². The van der Waals surface area contributed by atoms with Crippen molar-refractivity contribution in [2.45, 2.75) is 43.7 Å². The van der Waals surface area contributed by atoms with Gasteiger partial charge in [0.2, 0.25) is 15.9 Å². The van der Waals surface area contributed by atoms with Crippen molar-refractivity contribution in [2.24, 2.45) is 5.14 Å². The monoisotopic (exact) mass is 447 g/mol. The Balaban J connectivity index is 1.93. The summed E-state index contributed by atoms with van der Waals surface area (Å²) in [5, 5.41) is 5.08. The van der Waals surface area contributed by atoms with E-state index in [2.05, 4.69) is 0 Å². The van der Waals surface area contributed by atoms with Crippen LogP contribution in [0.5, 0.6) is 0 Å². The van der Waals surface area contributed by atoms with Crippen LogP contribution in [-0.4, -0.2) is 43.1 Å². The van der Waals surface area contributed by atoms with Crippen LogP contribution < -0.4 is 10.0 Å². The van der Waals surface area contributed by atoms with E-state index in [1.165, 1.54) is 41.3 Å². The predicted molar refractivity (Wildman–Crippen MR) is 111 cm³/mol. The van der Waals surface area contributed by atoms with Gasteiger partial charge in [-0.3, -0.25) is 14.4 Å². The van der Waals surface area contributed by atoms with Crippen molar-refractivity contribution in [1.29, 1.82) is 0 Å². The Hall–Kier alpha value is -3.11. The quantitative estimate of drug-likeness (QED) is 0.680. The number of carbonyl (C=O) groups is 3. The summed E-state index contributed by atoms with van der Waals surface area (Å²) in [7, 11) is -3.92. The van der Waals surface area contributed by atoms with Gasteiger partial charge in [0.05, 0.1) is 17.0 Å². The Morgan fingerprint density at radius 3 is 2.26 bits per heavy atom. The Morgan fingerprint density at radius 2 is 1.74 bits per heavy atom. The molecule has 2 unspecified atom stereocenters. The molecule has 1 saturated heterocycles. The van der Waals surface area contributed by atoms with Crippen molar-refractivity contribution in [2.75, 3.05) is 4.90 Å². The van der Waals surface area contributed by atoms with Crippen LogP contribution in [-0.2, 0) is 19.6 Å². The highest BCUT2D eigenvalue weighted by molar-refractivity contribution is 7.89. The normalized spacial score (nSPS) is 17.7. The predicted octanol–water partition coefficient (Wildman–Crippen LogP) is 2.05. The van der Waals surface area contributed by atoms with E-state index in [4.69, 9.17) is 5.14 Å². The number of hydrogen-bond donors (Lipinski definition) is 1. The minimum atomic E-state index is -3.92. The third-order valence-electron chi connectivity index (χ3n) is 5.27. The van der Waals surface area contributed by atoms with Gasteiger partial charge in [0.15, 0.2) is 0 Å². The molecular formula is C21H22FN3O5S. The minimum Gasteiger partial charge on any atom is -0.323 e. The number of rotatable bonds is 6. The van der Waals surface area contributed by atoms with E-state index in [1.54, 1.807) is 6.92 Å². The zero-order valence-electron chi connectivity index (χ0n) is 17.0. The van der Waals surface area contributed by atoms with Crippen molar-refractivity contribution in [3.8, 4) is 0 Å². The van der Waals surface area contributed by atoms with Gasteiger partial charge in [-0.2, -0.15) is 0 Å². The third-order valence-corrected chi connectivity index (χ3v) is 6.20. The first-order chi connectivity index (χ1) is 14.5. The van der Waals surface area contributed by atoms with Gasteiger partial charge in [0.25, 0.3) is 11.8 Å². The van der Waals surface area contributed by atoms with Gasteiger partial charge in [-0.15, -0.1) is 0 Å². The molecule has 164 valence electrons. The van der Waals surface area contributed by atoms with Crippen LogP contribution in [0.4, 0.5) is 10.1 Å². The van der Waals surface area contributed by atoms with E-state index < -0.39 is 39.6 Å². The fraction of sp³-hybridized carbons (Fsp3) is 0.286. The number of benzene rings is 2. The highest BCUT2D eigenvalue weighted by atomic mass is 32.2. The molecule has 1 fully saturated rings. The molecule has 10 heteroatoms. The molecule has 0 saturated carbocycles. The van der Waals surface area contributed by atoms with Crippen molar-refractivity contribution in [1.82, 2.24) is 4.90 Å². The number of nitrogens with zero attached hydrogens (tertiary/aromatic N) is 2. The topological polar surface area (TPSA) is 118 Å². The Morgan fingerprint density at radius 1 is 1.16 bits per heavy atom. The van der Waals surface area contributed by atoms with Crippen LogP contribution in [0, 0.1) is 5.82 Å². The molecule has 2 atom stereocenters. The van der Waals surface area contributed by atoms with Gasteiger partial charge in [-0.05, 0) is 61.9 Å². The number of carbonyl (C=O) groups excluding carboxylic acids is 3. The van der Waals surface area contributed by atoms with E-state index >= 15 is 0 Å². The average molecular weight is 447 g/mol. The fourth-order valence-electron chi connectivity index (χ4n) is 3.48. The maximum Gasteiger partial charge on any atom is 0.257 e. The second-order valence-electron chi connectivity index (χ2n) is 7.30. The molecule has 31 heavy (non-hydrogen) atoms. The van der Waals surface area contributed by atoms with Gasteiger partial charge in [0, 0.05) is 11.6 Å². The molecule has 0 aromatic heterocycles. The molecule has 2 aromatic carbocycles. The summed E-state index contributed by atoms with van der Waals surface area (Å²) in [6, 6.07) is 8.62. The standard InChI is InChI=1S/C21H22FN3O5S/c1-3-13(2)24(20(27)14-4-6-15(22)7-5-14)18-12-19(26)25(21(18)28)16-8-10-17(11-9-16)31(23,29)30/h4-11,13,18H,3,12H2,1-2H3,(H2,23,29,30). The highest BCUT2D eigenvalue weighted by Gasteiger charge is 2.45. The zero-order valence-corrected chi connectivity index (χ0v) is 17.8. The molecule has 0 spiro atoms. The SMILES string of the molecule is CCC(C)N(C(=O)c1ccc(F)cc1)C1CC(=O)N(c2ccc(S(N)(=O)=O)cc2)C1=O. The van der Waals surface area contributed by atoms with Crippen LogP contribution in [0.25, 0.3) is 0 Å². The van der Waals surface area contributed by atoms with Crippen LogP contribution >= 0.6 is 0 Å². The van der Waals surface area contributed by atoms with Crippen LogP contribution in [0.3, 0.4) is 0 Å². The summed E-state index contributed by atoms with van der Waals surface area (Å²) >= 11 is 0. The summed E-state index contributed by atoms with van der Waals surface area (Å²) in [4.78, 5) is 41.1. The molecule has 1 aliphatic rings. The number of nitrogens with two attached hydrogens (primary N) is 1. The number of hydrogen-bond acceptors (Lipinski definition) is 5. The van der Waals surface area contributed by atoms with E-state index in [0.29, 0.717) is 6.42 Å². The van der Waals surface area contributed by atoms with Crippen molar-refractivity contribution in [3.63, 3.8) is 0 Å². The lowest BCUT2D eigenvalue weighted by atomic mass is 10.1. The van der Waals surface area contributed by atoms with Crippen LogP contribution in [0.1, 0.15) is 37.0 Å². The van der Waals surface area contributed by atoms with Gasteiger partial charge in [0.1, 0.15) is 11.9 Å². The van der Waals surface area contributed by atoms with Gasteiger partial charge in [-0.25, -0.2) is 22.8 Å². The van der Waals surface area contributed by atoms with Crippen molar-refractivity contribution >= 4 is 33.4 Å². The lowest BCUT2D eigenvalue weighted by Crippen LogP contribution is -2.49. The number of halogens is 1. The molecule has 2 N–H and O–H groups in total. The second-order valence-corrected chi connectivity index (χ2v) is 8.86. The largest absolute Gasteiger partial charge is 0.323 e. The number of sulfonamides is 1. The molecule has 1 heterocycles. The number of imide groups is 1. The molecule has 1 aliphatic heterocycles. The summed E-state index contributed by atoms with van der Waals surface area (Å²) in [5.41, 5.74) is 0.390. The summed E-state index contributed by atoms with van der Waals surface area (Å²) in [6.45, 7) is 3.61. The molecular weight excluding hydrogens is 425 g/mol. The van der Waals surface area contributed by atoms with Crippen molar-refractivity contribution in [3.05, 3.63) is 59.9 Å². The first kappa shape index (κ1) is 22.6.